The number of pyridine rings is 1. The lowest BCUT2D eigenvalue weighted by Crippen LogP contribution is -2.40. The summed E-state index contributed by atoms with van der Waals surface area (Å²) in [6, 6.07) is 3.61. The van der Waals surface area contributed by atoms with E-state index in [0.717, 1.165) is 51.3 Å². The van der Waals surface area contributed by atoms with Gasteiger partial charge in [-0.2, -0.15) is 0 Å². The van der Waals surface area contributed by atoms with Crippen LogP contribution in [0.4, 0.5) is 0 Å². The molecule has 2 saturated heterocycles. The van der Waals surface area contributed by atoms with Crippen molar-refractivity contribution in [2.45, 2.75) is 12.8 Å². The van der Waals surface area contributed by atoms with Crippen molar-refractivity contribution in [2.75, 3.05) is 46.9 Å². The van der Waals surface area contributed by atoms with Gasteiger partial charge in [0.15, 0.2) is 0 Å². The van der Waals surface area contributed by atoms with Crippen molar-refractivity contribution in [3.8, 4) is 0 Å². The first kappa shape index (κ1) is 15.4. The van der Waals surface area contributed by atoms with Gasteiger partial charge in [0.2, 0.25) is 0 Å². The molecule has 22 heavy (non-hydrogen) atoms. The van der Waals surface area contributed by atoms with Crippen LogP contribution < -0.4 is 0 Å². The molecule has 0 N–H and O–H groups in total. The standard InChI is InChI=1S/C17H25N3O2/c1-19(2)11-15-12-20(13-17(15)5-9-22-10-6-17)16(21)14-3-7-18-8-4-14/h3-4,7-8,15H,5-6,9-13H2,1-2H3/t15-/m1/s1. The number of likely N-dealkylation sites (tertiary alicyclic amines) is 1. The molecule has 3 heterocycles. The second-order valence-corrected chi connectivity index (χ2v) is 6.86. The van der Waals surface area contributed by atoms with E-state index in [1.165, 1.54) is 0 Å². The first-order valence-corrected chi connectivity index (χ1v) is 8.02. The van der Waals surface area contributed by atoms with Crippen LogP contribution in [0.3, 0.4) is 0 Å². The molecule has 2 aliphatic heterocycles. The van der Waals surface area contributed by atoms with E-state index in [9.17, 15) is 4.79 Å². The SMILES string of the molecule is CN(C)C[C@@H]1CN(C(=O)c2ccncc2)CC12CCOCC2. The minimum atomic E-state index is 0.134. The van der Waals surface area contributed by atoms with Gasteiger partial charge in [0.1, 0.15) is 0 Å². The maximum absolute atomic E-state index is 12.8. The monoisotopic (exact) mass is 303 g/mol. The third kappa shape index (κ3) is 3.01. The van der Waals surface area contributed by atoms with Gasteiger partial charge in [0.05, 0.1) is 0 Å². The van der Waals surface area contributed by atoms with Gasteiger partial charge in [-0.15, -0.1) is 0 Å². The number of carbonyl (C=O) groups excluding carboxylic acids is 1. The molecule has 5 nitrogen and oxygen atoms in total. The fourth-order valence-electron chi connectivity index (χ4n) is 3.90. The van der Waals surface area contributed by atoms with Crippen molar-refractivity contribution in [1.82, 2.24) is 14.8 Å². The van der Waals surface area contributed by atoms with Crippen LogP contribution in [0.1, 0.15) is 23.2 Å². The molecule has 1 aromatic heterocycles. The highest BCUT2D eigenvalue weighted by atomic mass is 16.5. The topological polar surface area (TPSA) is 45.7 Å². The third-order valence-electron chi connectivity index (χ3n) is 5.10. The zero-order chi connectivity index (χ0) is 15.6. The molecule has 2 aliphatic rings. The lowest BCUT2D eigenvalue weighted by Gasteiger charge is -2.38. The van der Waals surface area contributed by atoms with Crippen LogP contribution in [-0.2, 0) is 4.74 Å². The molecule has 1 amide bonds. The highest BCUT2D eigenvalue weighted by Gasteiger charge is 2.48. The second kappa shape index (κ2) is 6.34. The Morgan fingerprint density at radius 3 is 2.68 bits per heavy atom. The zero-order valence-corrected chi connectivity index (χ0v) is 13.5. The number of ether oxygens (including phenoxy) is 1. The van der Waals surface area contributed by atoms with Gasteiger partial charge < -0.3 is 14.5 Å². The second-order valence-electron chi connectivity index (χ2n) is 6.86. The molecule has 0 radical (unpaired) electrons. The molecule has 1 aromatic rings. The summed E-state index contributed by atoms with van der Waals surface area (Å²) in [7, 11) is 4.22. The van der Waals surface area contributed by atoms with Gasteiger partial charge in [0, 0.05) is 50.8 Å². The van der Waals surface area contributed by atoms with E-state index in [1.54, 1.807) is 24.5 Å². The highest BCUT2D eigenvalue weighted by molar-refractivity contribution is 5.94. The molecule has 3 rings (SSSR count). The average Bonchev–Trinajstić information content (AvgIpc) is 2.85. The molecule has 1 atom stereocenters. The van der Waals surface area contributed by atoms with Crippen molar-refractivity contribution < 1.29 is 9.53 Å². The van der Waals surface area contributed by atoms with E-state index in [4.69, 9.17) is 4.74 Å². The van der Waals surface area contributed by atoms with Crippen molar-refractivity contribution in [2.24, 2.45) is 11.3 Å². The molecule has 2 fully saturated rings. The quantitative estimate of drug-likeness (QED) is 0.849. The van der Waals surface area contributed by atoms with Crippen LogP contribution in [-0.4, -0.2) is 67.6 Å². The van der Waals surface area contributed by atoms with E-state index in [2.05, 4.69) is 24.0 Å². The minimum absolute atomic E-state index is 0.134. The Labute approximate surface area is 132 Å². The number of nitrogens with zero attached hydrogens (tertiary/aromatic N) is 3. The Morgan fingerprint density at radius 2 is 2.05 bits per heavy atom. The number of amides is 1. The van der Waals surface area contributed by atoms with Crippen LogP contribution in [0.25, 0.3) is 0 Å². The van der Waals surface area contributed by atoms with Crippen LogP contribution in [0, 0.1) is 11.3 Å². The fourth-order valence-corrected chi connectivity index (χ4v) is 3.90. The smallest absolute Gasteiger partial charge is 0.253 e. The Kier molecular flexibility index (Phi) is 4.45. The van der Waals surface area contributed by atoms with E-state index in [0.29, 0.717) is 5.92 Å². The van der Waals surface area contributed by atoms with Gasteiger partial charge in [-0.3, -0.25) is 9.78 Å². The maximum Gasteiger partial charge on any atom is 0.253 e. The van der Waals surface area contributed by atoms with Crippen LogP contribution >= 0.6 is 0 Å². The summed E-state index contributed by atoms with van der Waals surface area (Å²) in [4.78, 5) is 21.0. The predicted octanol–water partition coefficient (Wildman–Crippen LogP) is 1.51. The Morgan fingerprint density at radius 1 is 1.36 bits per heavy atom. The molecule has 120 valence electrons. The first-order chi connectivity index (χ1) is 10.6. The summed E-state index contributed by atoms with van der Waals surface area (Å²) >= 11 is 0. The van der Waals surface area contributed by atoms with E-state index in [-0.39, 0.29) is 11.3 Å². The summed E-state index contributed by atoms with van der Waals surface area (Å²) < 4.78 is 5.56. The van der Waals surface area contributed by atoms with Crippen molar-refractivity contribution in [1.29, 1.82) is 0 Å². The van der Waals surface area contributed by atoms with Gasteiger partial charge >= 0.3 is 0 Å². The van der Waals surface area contributed by atoms with Crippen molar-refractivity contribution >= 4 is 5.91 Å². The number of hydrogen-bond acceptors (Lipinski definition) is 4. The summed E-state index contributed by atoms with van der Waals surface area (Å²) in [5, 5.41) is 0. The normalized spacial score (nSPS) is 24.1. The zero-order valence-electron chi connectivity index (χ0n) is 13.5. The van der Waals surface area contributed by atoms with Crippen molar-refractivity contribution in [3.05, 3.63) is 30.1 Å². The fraction of sp³-hybridized carbons (Fsp3) is 0.647. The van der Waals surface area contributed by atoms with Gasteiger partial charge in [-0.1, -0.05) is 0 Å². The van der Waals surface area contributed by atoms with E-state index >= 15 is 0 Å². The Balaban J connectivity index is 1.79. The summed E-state index contributed by atoms with van der Waals surface area (Å²) in [5.74, 6) is 0.659. The van der Waals surface area contributed by atoms with Crippen LogP contribution in [0.5, 0.6) is 0 Å². The summed E-state index contributed by atoms with van der Waals surface area (Å²) in [5.41, 5.74) is 0.966. The molecular weight excluding hydrogens is 278 g/mol. The number of hydrogen-bond donors (Lipinski definition) is 0. The predicted molar refractivity (Wildman–Crippen MR) is 84.7 cm³/mol. The Bertz CT molecular complexity index is 512. The van der Waals surface area contributed by atoms with E-state index < -0.39 is 0 Å². The third-order valence-corrected chi connectivity index (χ3v) is 5.10. The summed E-state index contributed by atoms with van der Waals surface area (Å²) in [6.07, 6.45) is 5.49. The van der Waals surface area contributed by atoms with Gasteiger partial charge in [0.25, 0.3) is 5.91 Å². The molecular formula is C17H25N3O2. The average molecular weight is 303 g/mol. The van der Waals surface area contributed by atoms with E-state index in [1.807, 2.05) is 4.90 Å². The maximum atomic E-state index is 12.8. The molecule has 0 aromatic carbocycles. The number of rotatable bonds is 3. The number of aromatic nitrogens is 1. The molecule has 0 bridgehead atoms. The molecule has 0 unspecified atom stereocenters. The van der Waals surface area contributed by atoms with Gasteiger partial charge in [-0.25, -0.2) is 0 Å². The molecule has 5 heteroatoms. The largest absolute Gasteiger partial charge is 0.381 e. The van der Waals surface area contributed by atoms with Crippen LogP contribution in [0.2, 0.25) is 0 Å². The number of carbonyl (C=O) groups is 1. The summed E-state index contributed by atoms with van der Waals surface area (Å²) in [6.45, 7) is 4.37. The van der Waals surface area contributed by atoms with Crippen LogP contribution in [0.15, 0.2) is 24.5 Å². The molecule has 1 spiro atoms. The lowest BCUT2D eigenvalue weighted by atomic mass is 9.72. The molecule has 0 aliphatic carbocycles. The Hall–Kier alpha value is -1.46. The lowest BCUT2D eigenvalue weighted by molar-refractivity contribution is -0.00451. The highest BCUT2D eigenvalue weighted by Crippen LogP contribution is 2.44. The first-order valence-electron chi connectivity index (χ1n) is 8.02. The van der Waals surface area contributed by atoms with Gasteiger partial charge in [-0.05, 0) is 50.4 Å². The molecule has 0 saturated carbocycles. The van der Waals surface area contributed by atoms with Crippen molar-refractivity contribution in [3.63, 3.8) is 0 Å². The minimum Gasteiger partial charge on any atom is -0.381 e.